The van der Waals surface area contributed by atoms with Gasteiger partial charge in [0.05, 0.1) is 47.7 Å². The van der Waals surface area contributed by atoms with Crippen molar-refractivity contribution in [3.63, 3.8) is 0 Å². The molecule has 74 heavy (non-hydrogen) atoms. The summed E-state index contributed by atoms with van der Waals surface area (Å²) in [5, 5.41) is 77.3. The molecule has 0 radical (unpaired) electrons. The largest absolute Gasteiger partial charge is 0.462 e. The lowest BCUT2D eigenvalue weighted by atomic mass is 9.44. The molecular weight excluding hydrogens is 939 g/mol. The van der Waals surface area contributed by atoms with Gasteiger partial charge in [-0.1, -0.05) is 57.4 Å². The second-order valence-corrected chi connectivity index (χ2v) is 25.4. The normalized spacial score (nSPS) is 46.8. The molecule has 5 fully saturated rings. The van der Waals surface area contributed by atoms with Crippen LogP contribution in [0.1, 0.15) is 130 Å². The summed E-state index contributed by atoms with van der Waals surface area (Å²) < 4.78 is 6.34. The predicted molar refractivity (Wildman–Crippen MR) is 278 cm³/mol. The van der Waals surface area contributed by atoms with Crippen LogP contribution in [0.25, 0.3) is 0 Å². The molecule has 1 saturated heterocycles. The summed E-state index contributed by atoms with van der Waals surface area (Å²) >= 11 is 0. The lowest BCUT2D eigenvalue weighted by Gasteiger charge is -2.62. The van der Waals surface area contributed by atoms with Gasteiger partial charge in [0.15, 0.2) is 17.5 Å². The van der Waals surface area contributed by atoms with Crippen molar-refractivity contribution >= 4 is 23.5 Å². The van der Waals surface area contributed by atoms with Gasteiger partial charge in [-0.15, -0.1) is 5.92 Å². The van der Waals surface area contributed by atoms with Gasteiger partial charge in [0.1, 0.15) is 12.1 Å². The number of ketones is 2. The lowest BCUT2D eigenvalue weighted by molar-refractivity contribution is -0.190. The predicted octanol–water partition coefficient (Wildman–Crippen LogP) is 4.56. The van der Waals surface area contributed by atoms with Crippen LogP contribution in [0.5, 0.6) is 0 Å². The Balaban J connectivity index is 1.18. The van der Waals surface area contributed by atoms with Crippen LogP contribution in [0.2, 0.25) is 0 Å². The van der Waals surface area contributed by atoms with Crippen molar-refractivity contribution < 1.29 is 49.8 Å². The third kappa shape index (κ3) is 8.28. The van der Waals surface area contributed by atoms with Crippen molar-refractivity contribution in [1.82, 2.24) is 10.3 Å². The monoisotopic (exact) mass is 1020 g/mol. The maximum absolute atomic E-state index is 15.3. The van der Waals surface area contributed by atoms with E-state index >= 15 is 4.79 Å². The molecule has 4 saturated carbocycles. The summed E-state index contributed by atoms with van der Waals surface area (Å²) in [6.45, 7) is 11.0. The number of aliphatic hydroxyl groups excluding tert-OH is 4. The number of rotatable bonds is 10. The number of guanidine groups is 1. The number of cyclic esters (lactones) is 1. The number of ether oxygens (including phenoxy) is 1. The fourth-order valence-electron chi connectivity index (χ4n) is 18.3. The Morgan fingerprint density at radius 3 is 2.47 bits per heavy atom. The fourth-order valence-corrected chi connectivity index (χ4v) is 18.3. The summed E-state index contributed by atoms with van der Waals surface area (Å²) in [6, 6.07) is 0.769. The first kappa shape index (κ1) is 53.1. The quantitative estimate of drug-likeness (QED) is 0.0507. The topological polar surface area (TPSA) is 274 Å². The zero-order chi connectivity index (χ0) is 53.0. The smallest absolute Gasteiger partial charge is 0.314 e. The summed E-state index contributed by atoms with van der Waals surface area (Å²) in [7, 11) is 0. The number of nitrogens with one attached hydrogen (secondary N) is 2. The molecule has 10 rings (SSSR count). The van der Waals surface area contributed by atoms with Gasteiger partial charge in [0.2, 0.25) is 0 Å². The zero-order valence-corrected chi connectivity index (χ0v) is 44.3. The zero-order valence-electron chi connectivity index (χ0n) is 44.3. The van der Waals surface area contributed by atoms with E-state index in [1.165, 1.54) is 12.5 Å². The number of Topliss-reactive ketones (excluding diaryl/α,β-unsaturated/α-hetero) is 2. The number of esters is 1. The number of aromatic amines is 1. The highest BCUT2D eigenvalue weighted by Gasteiger charge is 2.74. The van der Waals surface area contributed by atoms with Crippen molar-refractivity contribution in [3.8, 4) is 11.8 Å². The Hall–Kier alpha value is -4.30. The Morgan fingerprint density at radius 2 is 1.78 bits per heavy atom. The molecule has 1 aromatic heterocycles. The summed E-state index contributed by atoms with van der Waals surface area (Å²) in [4.78, 5) is 50.4. The molecule has 404 valence electrons. The minimum atomic E-state index is -1.91. The molecular formula is C59H83N5O10. The van der Waals surface area contributed by atoms with Crippen LogP contribution in [0.15, 0.2) is 58.5 Å². The maximum Gasteiger partial charge on any atom is 0.314 e. The summed E-state index contributed by atoms with van der Waals surface area (Å²) in [5.41, 5.74) is 8.76. The highest BCUT2D eigenvalue weighted by molar-refractivity contribution is 6.00. The average molecular weight is 1020 g/mol. The Kier molecular flexibility index (Phi) is 14.1. The Labute approximate surface area is 436 Å². The van der Waals surface area contributed by atoms with Crippen LogP contribution in [-0.2, 0) is 19.1 Å². The molecule has 1 aromatic rings. The third-order valence-electron chi connectivity index (χ3n) is 21.5. The van der Waals surface area contributed by atoms with Gasteiger partial charge in [0.25, 0.3) is 0 Å². The van der Waals surface area contributed by atoms with Crippen molar-refractivity contribution in [2.45, 2.75) is 166 Å². The number of nitrogens with two attached hydrogens (primary N) is 2. The fraction of sp³-hybridized carbons (Fsp3) is 0.729. The van der Waals surface area contributed by atoms with Gasteiger partial charge in [0, 0.05) is 54.4 Å². The molecule has 0 spiro atoms. The second-order valence-electron chi connectivity index (χ2n) is 25.4. The number of hydrogen-bond donors (Lipinski definition) is 10. The highest BCUT2D eigenvalue weighted by atomic mass is 16.6. The SMILES string of the molecule is CC[C@H]1OC(=O)[C@@H](c2cc[nH]c2)[C@@H]1[C@H]1C#CC[C@H]2C[C@@]3(O)C4=C(N[C@@H](CO)C(C)=O)C(=O)[C@@H]5C[C@@H](O)[C@@H](O)C[C@]5(C)[C@H]4CC[C@]3(CCN=C(N)N)[C@H]2[C@@](C)(O)[C@H](O)C[C@@H](C)[C@@H]2[C@@H]3C=C[C@H]1[C@H]2[C@@H]1C[C@@H](C)CCC1=C3. The minimum absolute atomic E-state index is 0.00975. The van der Waals surface area contributed by atoms with E-state index in [1.54, 1.807) is 6.92 Å². The maximum atomic E-state index is 15.3. The van der Waals surface area contributed by atoms with E-state index in [-0.39, 0.29) is 110 Å². The van der Waals surface area contributed by atoms with E-state index in [2.05, 4.69) is 66.1 Å². The number of H-pyrrole nitrogens is 1. The van der Waals surface area contributed by atoms with E-state index in [9.17, 15) is 40.2 Å². The second kappa shape index (κ2) is 19.6. The number of aromatic nitrogens is 1. The van der Waals surface area contributed by atoms with E-state index < -0.39 is 100 Å². The van der Waals surface area contributed by atoms with Crippen molar-refractivity contribution in [2.24, 2.45) is 104 Å². The van der Waals surface area contributed by atoms with Crippen LogP contribution in [-0.4, -0.2) is 114 Å². The number of aliphatic imine (C=N–C) groups is 1. The number of fused-ring (bicyclic) bond motifs is 8. The standard InChI is InChI=1S/C59H83N5O10/c1-7-44-49(47(54(71)74-44)35-16-19-62-27-35)36-10-8-9-34-25-59(73)50-39(56(5)26-43(68)42(67)24-40(56)52(70)51(50)64-41(28-65)31(4)66)15-17-58(59,18-20-63-55(60)61)53(34)57(6,72)45(69)22-30(3)46-33-13-14-37(36)48(46)38-21-29(2)11-12-32(38)23-33/h13-14,16,19,23,27,29-30,33-34,36-49,53,62,64-65,67-69,72-73H,7,9,11-12,15,17-18,20-22,24-26,28H2,1-6H3,(H4,60,61,63)/t29-,30+,33+,34-,36-,37+,38+,39-,40-,41-,42+,43-,44+,45+,46+,47-,48-,49+,53+,56+,57-,58-,59+/m0/s1. The molecule has 15 nitrogen and oxygen atoms in total. The molecule has 12 N–H and O–H groups in total. The average Bonchev–Trinajstić information content (AvgIpc) is 4.06. The first-order chi connectivity index (χ1) is 35.1. The van der Waals surface area contributed by atoms with Gasteiger partial charge < -0.3 is 57.1 Å². The number of nitrogens with zero attached hydrogens (tertiary/aromatic N) is 1. The Bertz CT molecular complexity index is 2540. The molecule has 1 aliphatic heterocycles. The number of carbonyl (C=O) groups excluding carboxylic acids is 3. The number of aliphatic hydroxyl groups is 6. The number of carbonyl (C=O) groups is 3. The summed E-state index contributed by atoms with van der Waals surface area (Å²) in [5.74, 6) is 3.39. The molecule has 9 aliphatic rings. The number of allylic oxidation sites excluding steroid dienone is 5. The first-order valence-electron chi connectivity index (χ1n) is 28.0. The molecule has 4 bridgehead atoms. The molecule has 23 atom stereocenters. The minimum Gasteiger partial charge on any atom is -0.462 e. The lowest BCUT2D eigenvalue weighted by Crippen LogP contribution is -2.66. The van der Waals surface area contributed by atoms with E-state index in [0.717, 1.165) is 24.8 Å². The van der Waals surface area contributed by atoms with Gasteiger partial charge in [-0.2, -0.15) is 0 Å². The van der Waals surface area contributed by atoms with E-state index in [4.69, 9.17) is 16.2 Å². The molecule has 8 aliphatic carbocycles. The molecule has 0 aromatic carbocycles. The van der Waals surface area contributed by atoms with Crippen LogP contribution in [0.4, 0.5) is 0 Å². The highest BCUT2D eigenvalue weighted by Crippen LogP contribution is 2.72. The van der Waals surface area contributed by atoms with Crippen LogP contribution in [0.3, 0.4) is 0 Å². The molecule has 0 amide bonds. The molecule has 2 heterocycles. The van der Waals surface area contributed by atoms with Crippen molar-refractivity contribution in [3.05, 3.63) is 59.1 Å². The van der Waals surface area contributed by atoms with Gasteiger partial charge in [-0.25, -0.2) is 0 Å². The van der Waals surface area contributed by atoms with Crippen molar-refractivity contribution in [1.29, 1.82) is 0 Å². The van der Waals surface area contributed by atoms with Gasteiger partial charge in [-0.05, 0) is 160 Å². The van der Waals surface area contributed by atoms with Crippen LogP contribution in [0, 0.1) is 99.6 Å². The number of hydrogen-bond acceptors (Lipinski definition) is 12. The van der Waals surface area contributed by atoms with Crippen LogP contribution < -0.4 is 16.8 Å². The first-order valence-corrected chi connectivity index (χ1v) is 28.0. The van der Waals surface area contributed by atoms with E-state index in [1.807, 2.05) is 25.4 Å². The van der Waals surface area contributed by atoms with Gasteiger partial charge in [-0.3, -0.25) is 19.4 Å². The molecule has 15 heteroatoms. The Morgan fingerprint density at radius 1 is 1.01 bits per heavy atom. The van der Waals surface area contributed by atoms with Crippen LogP contribution >= 0.6 is 0 Å². The summed E-state index contributed by atoms with van der Waals surface area (Å²) in [6.07, 6.45) is 12.2. The van der Waals surface area contributed by atoms with Gasteiger partial charge >= 0.3 is 5.97 Å². The molecule has 0 unspecified atom stereocenters. The third-order valence-corrected chi connectivity index (χ3v) is 21.5. The van der Waals surface area contributed by atoms with Crippen molar-refractivity contribution in [2.75, 3.05) is 13.2 Å². The van der Waals surface area contributed by atoms with E-state index in [0.29, 0.717) is 30.8 Å².